The summed E-state index contributed by atoms with van der Waals surface area (Å²) in [5.74, 6) is 0.718. The van der Waals surface area contributed by atoms with Gasteiger partial charge in [-0.15, -0.1) is 11.8 Å². The van der Waals surface area contributed by atoms with Crippen LogP contribution in [0.25, 0.3) is 0 Å². The van der Waals surface area contributed by atoms with E-state index in [1.54, 1.807) is 11.8 Å². The molecule has 0 atom stereocenters. The molecule has 1 aromatic rings. The Hall–Kier alpha value is -1.14. The molecule has 1 aromatic carbocycles. The number of hydrogen-bond donors (Lipinski definition) is 0. The first-order valence-corrected chi connectivity index (χ1v) is 7.25. The minimum Gasteiger partial charge on any atom is -0.492 e. The van der Waals surface area contributed by atoms with Gasteiger partial charge in [-0.2, -0.15) is 5.26 Å². The first kappa shape index (κ1) is 13.9. The summed E-state index contributed by atoms with van der Waals surface area (Å²) in [5, 5.41) is 9.13. The van der Waals surface area contributed by atoms with E-state index in [4.69, 9.17) is 10.00 Å². The molecule has 0 aliphatic carbocycles. The monoisotopic (exact) mass is 249 g/mol. The minimum absolute atomic E-state index is 0.662. The average molecular weight is 249 g/mol. The normalized spacial score (nSPS) is 9.94. The molecule has 0 amide bonds. The van der Waals surface area contributed by atoms with Crippen molar-refractivity contribution in [1.29, 1.82) is 5.26 Å². The van der Waals surface area contributed by atoms with Gasteiger partial charge in [0.15, 0.2) is 0 Å². The zero-order chi connectivity index (χ0) is 12.5. The van der Waals surface area contributed by atoms with Crippen LogP contribution in [0, 0.1) is 11.3 Å². The molecule has 1 rings (SSSR count). The van der Waals surface area contributed by atoms with Gasteiger partial charge in [-0.25, -0.2) is 0 Å². The summed E-state index contributed by atoms with van der Waals surface area (Å²) < 4.78 is 5.68. The Morgan fingerprint density at radius 2 is 2.12 bits per heavy atom. The lowest BCUT2D eigenvalue weighted by Crippen LogP contribution is -1.99. The molecule has 0 radical (unpaired) electrons. The molecular formula is C14H19NOS. The van der Waals surface area contributed by atoms with Crippen LogP contribution in [0.2, 0.25) is 0 Å². The topological polar surface area (TPSA) is 33.0 Å². The zero-order valence-corrected chi connectivity index (χ0v) is 11.3. The Bertz CT molecular complexity index is 384. The lowest BCUT2D eigenvalue weighted by molar-refractivity contribution is 0.303. The second-order valence-corrected chi connectivity index (χ2v) is 4.70. The number of benzene rings is 1. The molecule has 3 heteroatoms. The number of ether oxygens (including phenoxy) is 1. The fourth-order valence-corrected chi connectivity index (χ4v) is 2.19. The van der Waals surface area contributed by atoms with Gasteiger partial charge in [0.05, 0.1) is 6.61 Å². The van der Waals surface area contributed by atoms with Crippen molar-refractivity contribution >= 4 is 11.8 Å². The van der Waals surface area contributed by atoms with Crippen LogP contribution < -0.4 is 4.74 Å². The molecule has 0 unspecified atom stereocenters. The minimum atomic E-state index is 0.662. The molecule has 0 aliphatic rings. The van der Waals surface area contributed by atoms with Crippen molar-refractivity contribution in [1.82, 2.24) is 0 Å². The van der Waals surface area contributed by atoms with Crippen LogP contribution in [0.15, 0.2) is 23.1 Å². The van der Waals surface area contributed by atoms with Crippen molar-refractivity contribution in [2.45, 2.75) is 37.5 Å². The molecule has 0 saturated heterocycles. The van der Waals surface area contributed by atoms with E-state index in [0.717, 1.165) is 17.1 Å². The smallest absolute Gasteiger partial charge is 0.138 e. The van der Waals surface area contributed by atoms with Crippen molar-refractivity contribution in [3.8, 4) is 11.8 Å². The third-order valence-electron chi connectivity index (χ3n) is 2.58. The molecule has 0 aromatic heterocycles. The molecule has 17 heavy (non-hydrogen) atoms. The quantitative estimate of drug-likeness (QED) is 0.535. The zero-order valence-electron chi connectivity index (χ0n) is 10.5. The summed E-state index contributed by atoms with van der Waals surface area (Å²) in [5.41, 5.74) is 0.662. The van der Waals surface area contributed by atoms with E-state index < -0.39 is 0 Å². The molecule has 0 heterocycles. The van der Waals surface area contributed by atoms with E-state index in [9.17, 15) is 0 Å². The van der Waals surface area contributed by atoms with Crippen LogP contribution in [0.3, 0.4) is 0 Å². The number of thioether (sulfide) groups is 1. The number of nitriles is 1. The van der Waals surface area contributed by atoms with Gasteiger partial charge in [0.2, 0.25) is 0 Å². The second kappa shape index (κ2) is 8.03. The number of unbranched alkanes of at least 4 members (excludes halogenated alkanes) is 3. The highest BCUT2D eigenvalue weighted by Crippen LogP contribution is 2.28. The summed E-state index contributed by atoms with van der Waals surface area (Å²) >= 11 is 1.58. The lowest BCUT2D eigenvalue weighted by Gasteiger charge is -2.09. The molecule has 0 spiro atoms. The second-order valence-electron chi connectivity index (χ2n) is 3.85. The van der Waals surface area contributed by atoms with E-state index in [-0.39, 0.29) is 0 Å². The highest BCUT2D eigenvalue weighted by Gasteiger charge is 2.07. The van der Waals surface area contributed by atoms with Gasteiger partial charge in [0.25, 0.3) is 0 Å². The van der Waals surface area contributed by atoms with E-state index in [0.29, 0.717) is 12.2 Å². The maximum Gasteiger partial charge on any atom is 0.138 e. The average Bonchev–Trinajstić information content (AvgIpc) is 2.38. The van der Waals surface area contributed by atoms with Gasteiger partial charge >= 0.3 is 0 Å². The lowest BCUT2D eigenvalue weighted by atomic mass is 10.2. The van der Waals surface area contributed by atoms with Gasteiger partial charge < -0.3 is 4.74 Å². The predicted octanol–water partition coefficient (Wildman–Crippen LogP) is 4.24. The molecule has 0 bridgehead atoms. The van der Waals surface area contributed by atoms with Gasteiger partial charge in [-0.1, -0.05) is 32.3 Å². The Kier molecular flexibility index (Phi) is 6.57. The molecule has 0 fully saturated rings. The van der Waals surface area contributed by atoms with Crippen molar-refractivity contribution in [2.24, 2.45) is 0 Å². The Balaban J connectivity index is 2.56. The third-order valence-corrected chi connectivity index (χ3v) is 3.36. The van der Waals surface area contributed by atoms with Crippen molar-refractivity contribution in [2.75, 3.05) is 12.9 Å². The van der Waals surface area contributed by atoms with Gasteiger partial charge in [-0.05, 0) is 24.8 Å². The van der Waals surface area contributed by atoms with Crippen LogP contribution in [-0.2, 0) is 0 Å². The van der Waals surface area contributed by atoms with Crippen LogP contribution in [0.1, 0.15) is 38.2 Å². The largest absolute Gasteiger partial charge is 0.492 e. The van der Waals surface area contributed by atoms with Gasteiger partial charge in [-0.3, -0.25) is 0 Å². The van der Waals surface area contributed by atoms with E-state index in [1.807, 2.05) is 24.5 Å². The highest BCUT2D eigenvalue weighted by atomic mass is 32.2. The molecule has 0 aliphatic heterocycles. The summed E-state index contributed by atoms with van der Waals surface area (Å²) in [6.07, 6.45) is 6.70. The number of nitrogens with zero attached hydrogens (tertiary/aromatic N) is 1. The van der Waals surface area contributed by atoms with Gasteiger partial charge in [0, 0.05) is 4.90 Å². The van der Waals surface area contributed by atoms with Crippen molar-refractivity contribution < 1.29 is 4.74 Å². The SMILES string of the molecule is CCCCCCOc1cccc(SC)c1C#N. The van der Waals surface area contributed by atoms with Crippen molar-refractivity contribution in [3.63, 3.8) is 0 Å². The van der Waals surface area contributed by atoms with Crippen LogP contribution in [-0.4, -0.2) is 12.9 Å². The summed E-state index contributed by atoms with van der Waals surface area (Å²) in [7, 11) is 0. The first-order valence-electron chi connectivity index (χ1n) is 6.03. The Morgan fingerprint density at radius 3 is 2.76 bits per heavy atom. The maximum absolute atomic E-state index is 9.13. The van der Waals surface area contributed by atoms with Crippen LogP contribution in [0.4, 0.5) is 0 Å². The fraction of sp³-hybridized carbons (Fsp3) is 0.500. The fourth-order valence-electron chi connectivity index (χ4n) is 1.62. The molecule has 0 saturated carbocycles. The van der Waals surface area contributed by atoms with Crippen LogP contribution in [0.5, 0.6) is 5.75 Å². The molecule has 2 nitrogen and oxygen atoms in total. The number of hydrogen-bond acceptors (Lipinski definition) is 3. The Morgan fingerprint density at radius 1 is 1.29 bits per heavy atom. The van der Waals surface area contributed by atoms with E-state index in [2.05, 4.69) is 13.0 Å². The first-order chi connectivity index (χ1) is 8.33. The molecule has 0 N–H and O–H groups in total. The summed E-state index contributed by atoms with van der Waals surface area (Å²) in [6, 6.07) is 7.98. The highest BCUT2D eigenvalue weighted by molar-refractivity contribution is 7.98. The summed E-state index contributed by atoms with van der Waals surface area (Å²) in [6.45, 7) is 2.89. The Labute approximate surface area is 108 Å². The number of rotatable bonds is 7. The van der Waals surface area contributed by atoms with Crippen LogP contribution >= 0.6 is 11.8 Å². The molecule has 92 valence electrons. The van der Waals surface area contributed by atoms with Gasteiger partial charge in [0.1, 0.15) is 17.4 Å². The molecular weight excluding hydrogens is 230 g/mol. The van der Waals surface area contributed by atoms with E-state index >= 15 is 0 Å². The standard InChI is InChI=1S/C14H19NOS/c1-3-4-5-6-10-16-13-8-7-9-14(17-2)12(13)11-15/h7-9H,3-6,10H2,1-2H3. The predicted molar refractivity (Wildman–Crippen MR) is 72.6 cm³/mol. The van der Waals surface area contributed by atoms with Crippen molar-refractivity contribution in [3.05, 3.63) is 23.8 Å². The summed E-state index contributed by atoms with van der Waals surface area (Å²) in [4.78, 5) is 0.985. The van der Waals surface area contributed by atoms with E-state index in [1.165, 1.54) is 19.3 Å². The maximum atomic E-state index is 9.13. The third kappa shape index (κ3) is 4.32.